The number of rotatable bonds is 5. The predicted octanol–water partition coefficient (Wildman–Crippen LogP) is 2.44. The van der Waals surface area contributed by atoms with Crippen LogP contribution in [-0.2, 0) is 0 Å². The minimum Gasteiger partial charge on any atom is -0.387 e. The minimum absolute atomic E-state index is 0.101. The van der Waals surface area contributed by atoms with Gasteiger partial charge in [0.25, 0.3) is 0 Å². The van der Waals surface area contributed by atoms with E-state index in [0.717, 1.165) is 5.56 Å². The van der Waals surface area contributed by atoms with Crippen molar-refractivity contribution in [2.45, 2.75) is 13.0 Å². The fourth-order valence-corrected chi connectivity index (χ4v) is 1.81. The van der Waals surface area contributed by atoms with Gasteiger partial charge in [0, 0.05) is 18.3 Å². The van der Waals surface area contributed by atoms with Crippen molar-refractivity contribution >= 4 is 11.5 Å². The molecule has 0 fully saturated rings. The van der Waals surface area contributed by atoms with Crippen molar-refractivity contribution in [2.75, 3.05) is 11.9 Å². The Bertz CT molecular complexity index is 602. The molecular weight excluding hydrogens is 258 g/mol. The summed E-state index contributed by atoms with van der Waals surface area (Å²) in [4.78, 5) is 14.5. The van der Waals surface area contributed by atoms with E-state index in [2.05, 4.69) is 10.3 Å². The number of nitro groups is 1. The van der Waals surface area contributed by atoms with Crippen molar-refractivity contribution in [1.82, 2.24) is 4.98 Å². The summed E-state index contributed by atoms with van der Waals surface area (Å²) in [5.74, 6) is 0.171. The maximum absolute atomic E-state index is 10.9. The SMILES string of the molecule is Cc1ccc([N+](=O)[O-])c(NCC(O)c2ccccc2)n1. The molecule has 0 radical (unpaired) electrons. The van der Waals surface area contributed by atoms with Gasteiger partial charge in [0.05, 0.1) is 11.0 Å². The lowest BCUT2D eigenvalue weighted by atomic mass is 10.1. The highest BCUT2D eigenvalue weighted by Crippen LogP contribution is 2.23. The molecule has 0 saturated heterocycles. The number of benzene rings is 1. The summed E-state index contributed by atoms with van der Waals surface area (Å²) in [6.45, 7) is 1.91. The monoisotopic (exact) mass is 273 g/mol. The molecule has 1 aromatic heterocycles. The van der Waals surface area contributed by atoms with E-state index < -0.39 is 11.0 Å². The van der Waals surface area contributed by atoms with Gasteiger partial charge in [-0.15, -0.1) is 0 Å². The summed E-state index contributed by atoms with van der Waals surface area (Å²) >= 11 is 0. The summed E-state index contributed by atoms with van der Waals surface area (Å²) in [6.07, 6.45) is -0.752. The summed E-state index contributed by atoms with van der Waals surface area (Å²) in [6, 6.07) is 12.1. The topological polar surface area (TPSA) is 88.3 Å². The Hall–Kier alpha value is -2.47. The van der Waals surface area contributed by atoms with Gasteiger partial charge in [0.2, 0.25) is 5.82 Å². The molecule has 0 aliphatic carbocycles. The third-order valence-corrected chi connectivity index (χ3v) is 2.86. The molecule has 1 unspecified atom stereocenters. The summed E-state index contributed by atoms with van der Waals surface area (Å²) < 4.78 is 0. The third kappa shape index (κ3) is 3.30. The molecule has 1 heterocycles. The largest absolute Gasteiger partial charge is 0.387 e. The van der Waals surface area contributed by atoms with Crippen LogP contribution in [0, 0.1) is 17.0 Å². The smallest absolute Gasteiger partial charge is 0.311 e. The van der Waals surface area contributed by atoms with Crippen LogP contribution in [0.15, 0.2) is 42.5 Å². The van der Waals surface area contributed by atoms with E-state index in [0.29, 0.717) is 5.69 Å². The van der Waals surface area contributed by atoms with Crippen LogP contribution in [0.5, 0.6) is 0 Å². The molecule has 2 rings (SSSR count). The Labute approximate surface area is 116 Å². The second-order valence-electron chi connectivity index (χ2n) is 4.38. The standard InChI is InChI=1S/C14H15N3O3/c1-10-7-8-12(17(19)20)14(16-10)15-9-13(18)11-5-3-2-4-6-11/h2-8,13,18H,9H2,1H3,(H,15,16). The first-order valence-corrected chi connectivity index (χ1v) is 6.17. The van der Waals surface area contributed by atoms with E-state index in [1.165, 1.54) is 6.07 Å². The third-order valence-electron chi connectivity index (χ3n) is 2.86. The van der Waals surface area contributed by atoms with Crippen LogP contribution in [-0.4, -0.2) is 21.6 Å². The average molecular weight is 273 g/mol. The Balaban J connectivity index is 2.11. The number of aliphatic hydroxyl groups is 1. The Morgan fingerprint density at radius 2 is 2.00 bits per heavy atom. The number of hydrogen-bond acceptors (Lipinski definition) is 5. The quantitative estimate of drug-likeness (QED) is 0.645. The second-order valence-corrected chi connectivity index (χ2v) is 4.38. The molecule has 2 N–H and O–H groups in total. The molecule has 2 aromatic rings. The molecule has 104 valence electrons. The molecule has 1 atom stereocenters. The Kier molecular flexibility index (Phi) is 4.27. The average Bonchev–Trinajstić information content (AvgIpc) is 2.45. The number of aromatic nitrogens is 1. The maximum Gasteiger partial charge on any atom is 0.311 e. The molecule has 0 bridgehead atoms. The van der Waals surface area contributed by atoms with Gasteiger partial charge < -0.3 is 10.4 Å². The number of anilines is 1. The summed E-state index contributed by atoms with van der Waals surface area (Å²) in [7, 11) is 0. The maximum atomic E-state index is 10.9. The number of aliphatic hydroxyl groups excluding tert-OH is 1. The van der Waals surface area contributed by atoms with Gasteiger partial charge in [-0.3, -0.25) is 10.1 Å². The molecule has 0 amide bonds. The van der Waals surface area contributed by atoms with Gasteiger partial charge in [-0.1, -0.05) is 30.3 Å². The molecule has 0 saturated carbocycles. The van der Waals surface area contributed by atoms with Gasteiger partial charge in [-0.05, 0) is 18.6 Å². The molecule has 0 spiro atoms. The molecule has 20 heavy (non-hydrogen) atoms. The van der Waals surface area contributed by atoms with Crippen molar-refractivity contribution < 1.29 is 10.0 Å². The van der Waals surface area contributed by atoms with Crippen LogP contribution in [0.25, 0.3) is 0 Å². The molecule has 0 aliphatic rings. The highest BCUT2D eigenvalue weighted by molar-refractivity contribution is 5.56. The van der Waals surface area contributed by atoms with E-state index in [1.807, 2.05) is 18.2 Å². The molecule has 6 heteroatoms. The van der Waals surface area contributed by atoms with Crippen LogP contribution in [0.3, 0.4) is 0 Å². The summed E-state index contributed by atoms with van der Waals surface area (Å²) in [5.41, 5.74) is 1.32. The van der Waals surface area contributed by atoms with Gasteiger partial charge >= 0.3 is 5.69 Å². The first kappa shape index (κ1) is 14.0. The van der Waals surface area contributed by atoms with Gasteiger partial charge in [-0.2, -0.15) is 0 Å². The minimum atomic E-state index is -0.752. The van der Waals surface area contributed by atoms with Crippen molar-refractivity contribution in [3.63, 3.8) is 0 Å². The normalized spacial score (nSPS) is 11.9. The number of aryl methyl sites for hydroxylation is 1. The predicted molar refractivity (Wildman–Crippen MR) is 75.5 cm³/mol. The Morgan fingerprint density at radius 3 is 2.65 bits per heavy atom. The molecule has 1 aromatic carbocycles. The number of nitrogens with one attached hydrogen (secondary N) is 1. The fourth-order valence-electron chi connectivity index (χ4n) is 1.81. The zero-order chi connectivity index (χ0) is 14.5. The van der Waals surface area contributed by atoms with Crippen LogP contribution >= 0.6 is 0 Å². The number of pyridine rings is 1. The zero-order valence-electron chi connectivity index (χ0n) is 11.0. The highest BCUT2D eigenvalue weighted by atomic mass is 16.6. The van der Waals surface area contributed by atoms with Crippen molar-refractivity contribution in [1.29, 1.82) is 0 Å². The summed E-state index contributed by atoms with van der Waals surface area (Å²) in [5, 5.41) is 23.8. The molecule has 6 nitrogen and oxygen atoms in total. The molecular formula is C14H15N3O3. The first-order chi connectivity index (χ1) is 9.58. The number of nitrogens with zero attached hydrogens (tertiary/aromatic N) is 2. The first-order valence-electron chi connectivity index (χ1n) is 6.17. The van der Waals surface area contributed by atoms with Gasteiger partial charge in [0.15, 0.2) is 0 Å². The van der Waals surface area contributed by atoms with Crippen LogP contribution in [0.4, 0.5) is 11.5 Å². The fraction of sp³-hybridized carbons (Fsp3) is 0.214. The second kappa shape index (κ2) is 6.12. The van der Waals surface area contributed by atoms with Crippen molar-refractivity contribution in [3.05, 3.63) is 63.8 Å². The van der Waals surface area contributed by atoms with Crippen LogP contribution in [0.2, 0.25) is 0 Å². The lowest BCUT2D eigenvalue weighted by molar-refractivity contribution is -0.384. The van der Waals surface area contributed by atoms with E-state index >= 15 is 0 Å². The van der Waals surface area contributed by atoms with E-state index in [-0.39, 0.29) is 18.1 Å². The van der Waals surface area contributed by atoms with Gasteiger partial charge in [0.1, 0.15) is 0 Å². The highest BCUT2D eigenvalue weighted by Gasteiger charge is 2.16. The van der Waals surface area contributed by atoms with Crippen molar-refractivity contribution in [3.8, 4) is 0 Å². The van der Waals surface area contributed by atoms with Crippen LogP contribution < -0.4 is 5.32 Å². The lowest BCUT2D eigenvalue weighted by Gasteiger charge is -2.12. The van der Waals surface area contributed by atoms with Gasteiger partial charge in [-0.25, -0.2) is 4.98 Å². The number of hydrogen-bond donors (Lipinski definition) is 2. The van der Waals surface area contributed by atoms with E-state index in [9.17, 15) is 15.2 Å². The Morgan fingerprint density at radius 1 is 1.30 bits per heavy atom. The lowest BCUT2D eigenvalue weighted by Crippen LogP contribution is -2.14. The van der Waals surface area contributed by atoms with E-state index in [4.69, 9.17) is 0 Å². The van der Waals surface area contributed by atoms with Crippen LogP contribution in [0.1, 0.15) is 17.4 Å². The van der Waals surface area contributed by atoms with E-state index in [1.54, 1.807) is 25.1 Å². The molecule has 0 aliphatic heterocycles. The van der Waals surface area contributed by atoms with Crippen molar-refractivity contribution in [2.24, 2.45) is 0 Å². The zero-order valence-corrected chi connectivity index (χ0v) is 11.0.